The zero-order valence-electron chi connectivity index (χ0n) is 10.7. The lowest BCUT2D eigenvalue weighted by Gasteiger charge is -2.37. The van der Waals surface area contributed by atoms with Gasteiger partial charge in [0.1, 0.15) is 11.9 Å². The van der Waals surface area contributed by atoms with Crippen LogP contribution in [-0.2, 0) is 4.74 Å². The predicted molar refractivity (Wildman–Crippen MR) is 66.7 cm³/mol. The van der Waals surface area contributed by atoms with Crippen LogP contribution >= 0.6 is 0 Å². The van der Waals surface area contributed by atoms with Crippen molar-refractivity contribution in [1.82, 2.24) is 4.57 Å². The lowest BCUT2D eigenvalue weighted by molar-refractivity contribution is -0.0195. The first-order valence-corrected chi connectivity index (χ1v) is 6.08. The number of nitrogen functional groups attached to an aromatic ring is 1. The first kappa shape index (κ1) is 12.0. The summed E-state index contributed by atoms with van der Waals surface area (Å²) in [5.41, 5.74) is 8.79. The summed E-state index contributed by atoms with van der Waals surface area (Å²) in [5.74, 6) is 0.613. The minimum Gasteiger partial charge on any atom is -0.384 e. The van der Waals surface area contributed by atoms with E-state index in [1.54, 1.807) is 0 Å². The number of nitriles is 1. The number of nitrogens with two attached hydrogens (primary N) is 1. The lowest BCUT2D eigenvalue weighted by atomic mass is 9.88. The summed E-state index contributed by atoms with van der Waals surface area (Å²) in [6.45, 7) is 6.76. The summed E-state index contributed by atoms with van der Waals surface area (Å²) in [5, 5.41) is 9.08. The second-order valence-electron chi connectivity index (χ2n) is 4.66. The third kappa shape index (κ3) is 1.81. The van der Waals surface area contributed by atoms with Gasteiger partial charge in [0.05, 0.1) is 11.7 Å². The van der Waals surface area contributed by atoms with Crippen LogP contribution in [0.3, 0.4) is 0 Å². The van der Waals surface area contributed by atoms with E-state index < -0.39 is 0 Å². The molecule has 1 aromatic heterocycles. The van der Waals surface area contributed by atoms with Gasteiger partial charge in [-0.15, -0.1) is 0 Å². The van der Waals surface area contributed by atoms with Crippen molar-refractivity contribution in [1.29, 1.82) is 5.26 Å². The number of aromatic nitrogens is 1. The Labute approximate surface area is 102 Å². The maximum absolute atomic E-state index is 9.08. The largest absolute Gasteiger partial charge is 0.384 e. The van der Waals surface area contributed by atoms with E-state index in [0.29, 0.717) is 23.5 Å². The summed E-state index contributed by atoms with van der Waals surface area (Å²) in [4.78, 5) is 0. The minimum absolute atomic E-state index is 0.358. The van der Waals surface area contributed by atoms with Crippen LogP contribution in [0.15, 0.2) is 0 Å². The summed E-state index contributed by atoms with van der Waals surface area (Å²) in [7, 11) is 0. The number of anilines is 1. The molecule has 2 rings (SSSR count). The maximum atomic E-state index is 9.08. The van der Waals surface area contributed by atoms with Gasteiger partial charge in [0.15, 0.2) is 0 Å². The molecule has 0 aliphatic heterocycles. The van der Waals surface area contributed by atoms with Crippen LogP contribution in [0.4, 0.5) is 5.82 Å². The van der Waals surface area contributed by atoms with Gasteiger partial charge in [-0.2, -0.15) is 5.26 Å². The number of hydrogen-bond acceptors (Lipinski definition) is 3. The number of rotatable bonds is 3. The number of nitrogens with zero attached hydrogens (tertiary/aromatic N) is 2. The van der Waals surface area contributed by atoms with E-state index in [1.807, 2.05) is 20.8 Å². The number of hydrogen-bond donors (Lipinski definition) is 1. The van der Waals surface area contributed by atoms with Gasteiger partial charge in [-0.05, 0) is 39.2 Å². The average Bonchev–Trinajstić information content (AvgIpc) is 2.45. The molecule has 4 nitrogen and oxygen atoms in total. The normalized spacial score (nSPS) is 23.2. The van der Waals surface area contributed by atoms with E-state index in [1.165, 1.54) is 0 Å². The molecule has 1 aliphatic carbocycles. The molecule has 0 radical (unpaired) electrons. The van der Waals surface area contributed by atoms with Crippen molar-refractivity contribution in [3.63, 3.8) is 0 Å². The fraction of sp³-hybridized carbons (Fsp3) is 0.615. The molecule has 0 amide bonds. The summed E-state index contributed by atoms with van der Waals surface area (Å²) in [6, 6.07) is 2.58. The molecular formula is C13H19N3O. The Morgan fingerprint density at radius 1 is 1.47 bits per heavy atom. The SMILES string of the molecule is CCOC1CC(n2c(C)c(C)c(C#N)c2N)C1. The van der Waals surface area contributed by atoms with Crippen LogP contribution in [0.25, 0.3) is 0 Å². The molecule has 4 heteroatoms. The molecule has 0 unspecified atom stereocenters. The molecule has 0 aromatic carbocycles. The Balaban J connectivity index is 2.22. The predicted octanol–water partition coefficient (Wildman–Crippen LogP) is 2.30. The monoisotopic (exact) mass is 233 g/mol. The molecule has 0 saturated heterocycles. The van der Waals surface area contributed by atoms with Crippen molar-refractivity contribution in [3.8, 4) is 6.07 Å². The topological polar surface area (TPSA) is 64.0 Å². The zero-order valence-corrected chi connectivity index (χ0v) is 10.7. The quantitative estimate of drug-likeness (QED) is 0.871. The van der Waals surface area contributed by atoms with E-state index >= 15 is 0 Å². The van der Waals surface area contributed by atoms with Crippen molar-refractivity contribution in [2.24, 2.45) is 0 Å². The molecule has 2 N–H and O–H groups in total. The van der Waals surface area contributed by atoms with Crippen LogP contribution in [0, 0.1) is 25.2 Å². The van der Waals surface area contributed by atoms with Gasteiger partial charge >= 0.3 is 0 Å². The molecule has 1 heterocycles. The van der Waals surface area contributed by atoms with E-state index in [0.717, 1.165) is 30.7 Å². The van der Waals surface area contributed by atoms with Gasteiger partial charge in [0.25, 0.3) is 0 Å². The molecule has 17 heavy (non-hydrogen) atoms. The lowest BCUT2D eigenvalue weighted by Crippen LogP contribution is -2.34. The highest BCUT2D eigenvalue weighted by molar-refractivity contribution is 5.58. The first-order chi connectivity index (χ1) is 8.10. The van der Waals surface area contributed by atoms with Gasteiger partial charge in [-0.3, -0.25) is 0 Å². The highest BCUT2D eigenvalue weighted by atomic mass is 16.5. The second kappa shape index (κ2) is 4.42. The van der Waals surface area contributed by atoms with Crippen LogP contribution in [0.1, 0.15) is 42.6 Å². The average molecular weight is 233 g/mol. The highest BCUT2D eigenvalue weighted by Crippen LogP contribution is 2.39. The minimum atomic E-state index is 0.358. The van der Waals surface area contributed by atoms with E-state index in [-0.39, 0.29) is 0 Å². The third-order valence-corrected chi connectivity index (χ3v) is 3.74. The fourth-order valence-corrected chi connectivity index (χ4v) is 2.59. The Morgan fingerprint density at radius 3 is 2.59 bits per heavy atom. The molecule has 1 saturated carbocycles. The van der Waals surface area contributed by atoms with E-state index in [9.17, 15) is 0 Å². The van der Waals surface area contributed by atoms with E-state index in [4.69, 9.17) is 15.7 Å². The highest BCUT2D eigenvalue weighted by Gasteiger charge is 2.33. The first-order valence-electron chi connectivity index (χ1n) is 6.08. The molecule has 1 aliphatic rings. The van der Waals surface area contributed by atoms with Gasteiger partial charge < -0.3 is 15.0 Å². The molecule has 0 spiro atoms. The fourth-order valence-electron chi connectivity index (χ4n) is 2.59. The van der Waals surface area contributed by atoms with Crippen molar-refractivity contribution >= 4 is 5.82 Å². The standard InChI is InChI=1S/C13H19N3O/c1-4-17-11-5-10(6-11)16-9(3)8(2)12(7-14)13(16)15/h10-11H,4-6,15H2,1-3H3. The van der Waals surface area contributed by atoms with Gasteiger partial charge in [0, 0.05) is 18.3 Å². The molecular weight excluding hydrogens is 214 g/mol. The Morgan fingerprint density at radius 2 is 2.12 bits per heavy atom. The molecule has 0 bridgehead atoms. The Bertz CT molecular complexity index is 464. The smallest absolute Gasteiger partial charge is 0.122 e. The van der Waals surface area contributed by atoms with Crippen LogP contribution in [-0.4, -0.2) is 17.3 Å². The Kier molecular flexibility index (Phi) is 3.12. The van der Waals surface area contributed by atoms with Crippen LogP contribution in [0.2, 0.25) is 0 Å². The van der Waals surface area contributed by atoms with Crippen LogP contribution < -0.4 is 5.73 Å². The molecule has 1 aromatic rings. The summed E-state index contributed by atoms with van der Waals surface area (Å²) >= 11 is 0. The summed E-state index contributed by atoms with van der Waals surface area (Å²) in [6.07, 6.45) is 2.35. The van der Waals surface area contributed by atoms with Gasteiger partial charge in [-0.1, -0.05) is 0 Å². The van der Waals surface area contributed by atoms with Gasteiger partial charge in [-0.25, -0.2) is 0 Å². The maximum Gasteiger partial charge on any atom is 0.122 e. The molecule has 1 fully saturated rings. The van der Waals surface area contributed by atoms with Crippen molar-refractivity contribution in [2.45, 2.75) is 45.8 Å². The zero-order chi connectivity index (χ0) is 12.6. The summed E-state index contributed by atoms with van der Waals surface area (Å²) < 4.78 is 7.65. The second-order valence-corrected chi connectivity index (χ2v) is 4.66. The van der Waals surface area contributed by atoms with Crippen molar-refractivity contribution in [3.05, 3.63) is 16.8 Å². The molecule has 92 valence electrons. The number of ether oxygens (including phenoxy) is 1. The van der Waals surface area contributed by atoms with Crippen molar-refractivity contribution < 1.29 is 4.74 Å². The molecule has 0 atom stereocenters. The Hall–Kier alpha value is -1.47. The van der Waals surface area contributed by atoms with Crippen molar-refractivity contribution in [2.75, 3.05) is 12.3 Å². The van der Waals surface area contributed by atoms with Gasteiger partial charge in [0.2, 0.25) is 0 Å². The van der Waals surface area contributed by atoms with E-state index in [2.05, 4.69) is 10.6 Å². The third-order valence-electron chi connectivity index (χ3n) is 3.74. The van der Waals surface area contributed by atoms with Crippen LogP contribution in [0.5, 0.6) is 0 Å².